The maximum absolute atomic E-state index is 12.4. The molecule has 0 saturated carbocycles. The quantitative estimate of drug-likeness (QED) is 0.788. The molecule has 4 nitrogen and oxygen atoms in total. The molecule has 0 saturated heterocycles. The largest absolute Gasteiger partial charge is 0.340 e. The molecule has 1 N–H and O–H groups in total. The Morgan fingerprint density at radius 2 is 1.55 bits per heavy atom. The zero-order valence-electron chi connectivity index (χ0n) is 10.7. The molecule has 0 fully saturated rings. The van der Waals surface area contributed by atoms with Crippen LogP contribution in [0.3, 0.4) is 0 Å². The van der Waals surface area contributed by atoms with Crippen LogP contribution < -0.4 is 5.32 Å². The highest BCUT2D eigenvalue weighted by Crippen LogP contribution is 2.16. The summed E-state index contributed by atoms with van der Waals surface area (Å²) in [6.07, 6.45) is 1.60. The van der Waals surface area contributed by atoms with Crippen molar-refractivity contribution < 1.29 is 4.79 Å². The molecule has 0 aliphatic carbocycles. The van der Waals surface area contributed by atoms with Gasteiger partial charge in [0.25, 0.3) is 5.91 Å². The van der Waals surface area contributed by atoms with E-state index in [0.717, 1.165) is 5.69 Å². The molecule has 1 aromatic heterocycles. The zero-order chi connectivity index (χ0) is 13.8. The fourth-order valence-corrected chi connectivity index (χ4v) is 1.93. The fourth-order valence-electron chi connectivity index (χ4n) is 1.93. The third kappa shape index (κ3) is 2.44. The van der Waals surface area contributed by atoms with Crippen molar-refractivity contribution >= 4 is 17.4 Å². The monoisotopic (exact) mass is 263 g/mol. The van der Waals surface area contributed by atoms with Crippen molar-refractivity contribution in [1.82, 2.24) is 9.78 Å². The lowest BCUT2D eigenvalue weighted by Crippen LogP contribution is -2.15. The summed E-state index contributed by atoms with van der Waals surface area (Å²) in [6, 6.07) is 20.5. The zero-order valence-corrected chi connectivity index (χ0v) is 10.7. The van der Waals surface area contributed by atoms with Gasteiger partial charge in [0, 0.05) is 17.3 Å². The van der Waals surface area contributed by atoms with Crippen LogP contribution in [0.5, 0.6) is 0 Å². The van der Waals surface area contributed by atoms with Gasteiger partial charge in [0.1, 0.15) is 5.82 Å². The maximum Gasteiger partial charge on any atom is 0.280 e. The summed E-state index contributed by atoms with van der Waals surface area (Å²) in [5.74, 6) is 0.485. The fraction of sp³-hybridized carbons (Fsp3) is 0. The Morgan fingerprint density at radius 1 is 0.900 bits per heavy atom. The van der Waals surface area contributed by atoms with Crippen LogP contribution in [0.1, 0.15) is 10.4 Å². The van der Waals surface area contributed by atoms with Crippen LogP contribution in [0, 0.1) is 0 Å². The van der Waals surface area contributed by atoms with Gasteiger partial charge in [0.15, 0.2) is 0 Å². The smallest absolute Gasteiger partial charge is 0.280 e. The van der Waals surface area contributed by atoms with E-state index in [4.69, 9.17) is 0 Å². The van der Waals surface area contributed by atoms with Crippen molar-refractivity contribution in [2.75, 3.05) is 5.32 Å². The van der Waals surface area contributed by atoms with Crippen LogP contribution in [0.2, 0.25) is 0 Å². The molecule has 0 bridgehead atoms. The number of anilines is 2. The number of nitrogens with zero attached hydrogens (tertiary/aromatic N) is 2. The van der Waals surface area contributed by atoms with Gasteiger partial charge in [-0.15, -0.1) is 0 Å². The molecule has 3 rings (SSSR count). The maximum atomic E-state index is 12.4. The van der Waals surface area contributed by atoms with E-state index in [1.165, 1.54) is 4.68 Å². The summed E-state index contributed by atoms with van der Waals surface area (Å²) in [5, 5.41) is 7.28. The number of benzene rings is 2. The van der Waals surface area contributed by atoms with Gasteiger partial charge in [-0.05, 0) is 24.3 Å². The van der Waals surface area contributed by atoms with E-state index < -0.39 is 0 Å². The van der Waals surface area contributed by atoms with Gasteiger partial charge in [-0.2, -0.15) is 9.78 Å². The van der Waals surface area contributed by atoms with Crippen molar-refractivity contribution in [3.63, 3.8) is 0 Å². The summed E-state index contributed by atoms with van der Waals surface area (Å²) < 4.78 is 1.36. The minimum absolute atomic E-state index is 0.158. The average molecular weight is 263 g/mol. The molecule has 0 unspecified atom stereocenters. The van der Waals surface area contributed by atoms with Crippen molar-refractivity contribution in [1.29, 1.82) is 0 Å². The highest BCUT2D eigenvalue weighted by molar-refractivity contribution is 5.97. The van der Waals surface area contributed by atoms with Crippen LogP contribution in [-0.4, -0.2) is 15.7 Å². The molecule has 4 heteroatoms. The van der Waals surface area contributed by atoms with Crippen molar-refractivity contribution in [2.45, 2.75) is 0 Å². The van der Waals surface area contributed by atoms with E-state index in [-0.39, 0.29) is 5.91 Å². The molecule has 0 spiro atoms. The molecule has 98 valence electrons. The Balaban J connectivity index is 1.89. The number of para-hydroxylation sites is 1. The summed E-state index contributed by atoms with van der Waals surface area (Å²) in [5.41, 5.74) is 1.52. The number of nitrogens with one attached hydrogen (secondary N) is 1. The Hall–Kier alpha value is -2.88. The van der Waals surface area contributed by atoms with Crippen LogP contribution in [0.25, 0.3) is 0 Å². The van der Waals surface area contributed by atoms with Crippen LogP contribution in [0.4, 0.5) is 11.5 Å². The van der Waals surface area contributed by atoms with Gasteiger partial charge in [-0.25, -0.2) is 0 Å². The number of hydrogen-bond acceptors (Lipinski definition) is 3. The minimum Gasteiger partial charge on any atom is -0.340 e. The summed E-state index contributed by atoms with van der Waals surface area (Å²) in [7, 11) is 0. The van der Waals surface area contributed by atoms with Gasteiger partial charge >= 0.3 is 0 Å². The number of aromatic nitrogens is 2. The van der Waals surface area contributed by atoms with Gasteiger partial charge in [0.2, 0.25) is 0 Å². The Morgan fingerprint density at radius 3 is 2.25 bits per heavy atom. The highest BCUT2D eigenvalue weighted by Gasteiger charge is 2.12. The van der Waals surface area contributed by atoms with Gasteiger partial charge in [-0.3, -0.25) is 4.79 Å². The molecular weight excluding hydrogens is 250 g/mol. The molecule has 0 aliphatic heterocycles. The molecule has 0 amide bonds. The van der Waals surface area contributed by atoms with Crippen LogP contribution in [-0.2, 0) is 0 Å². The molecule has 1 heterocycles. The molecule has 0 radical (unpaired) electrons. The van der Waals surface area contributed by atoms with Crippen molar-refractivity contribution in [2.24, 2.45) is 0 Å². The molecule has 3 aromatic rings. The lowest BCUT2D eigenvalue weighted by molar-refractivity contribution is 0.0948. The molecule has 2 aromatic carbocycles. The summed E-state index contributed by atoms with van der Waals surface area (Å²) in [6.45, 7) is 0. The lowest BCUT2D eigenvalue weighted by Gasteiger charge is -2.08. The number of rotatable bonds is 3. The first-order valence-electron chi connectivity index (χ1n) is 6.30. The number of carbonyl (C=O) groups is 1. The van der Waals surface area contributed by atoms with Gasteiger partial charge in [0.05, 0.1) is 6.20 Å². The average Bonchev–Trinajstić information content (AvgIpc) is 2.96. The first-order chi connectivity index (χ1) is 9.84. The summed E-state index contributed by atoms with van der Waals surface area (Å²) >= 11 is 0. The van der Waals surface area contributed by atoms with Crippen LogP contribution in [0.15, 0.2) is 72.9 Å². The third-order valence-electron chi connectivity index (χ3n) is 2.90. The molecule has 20 heavy (non-hydrogen) atoms. The van der Waals surface area contributed by atoms with E-state index in [1.54, 1.807) is 24.4 Å². The second-order valence-corrected chi connectivity index (χ2v) is 4.29. The third-order valence-corrected chi connectivity index (χ3v) is 2.90. The number of carbonyl (C=O) groups excluding carboxylic acids is 1. The summed E-state index contributed by atoms with van der Waals surface area (Å²) in [4.78, 5) is 12.4. The lowest BCUT2D eigenvalue weighted by atomic mass is 10.2. The second-order valence-electron chi connectivity index (χ2n) is 4.29. The minimum atomic E-state index is -0.158. The second kappa shape index (κ2) is 5.40. The first-order valence-corrected chi connectivity index (χ1v) is 6.30. The highest BCUT2D eigenvalue weighted by atomic mass is 16.2. The standard InChI is InChI=1S/C16H13N3O/c20-16(13-7-3-1-4-8-13)19-15(11-12-17-19)18-14-9-5-2-6-10-14/h1-12,18H. The Bertz CT molecular complexity index is 705. The van der Waals surface area contributed by atoms with Crippen LogP contribution >= 0.6 is 0 Å². The molecule has 0 aliphatic rings. The molecular formula is C16H13N3O. The Kier molecular flexibility index (Phi) is 3.29. The first kappa shape index (κ1) is 12.2. The van der Waals surface area contributed by atoms with Crippen molar-refractivity contribution in [3.05, 3.63) is 78.5 Å². The van der Waals surface area contributed by atoms with Gasteiger partial charge in [-0.1, -0.05) is 36.4 Å². The van der Waals surface area contributed by atoms with Crippen molar-refractivity contribution in [3.8, 4) is 0 Å². The van der Waals surface area contributed by atoms with E-state index >= 15 is 0 Å². The van der Waals surface area contributed by atoms with E-state index in [1.807, 2.05) is 48.5 Å². The predicted octanol–water partition coefficient (Wildman–Crippen LogP) is 3.32. The topological polar surface area (TPSA) is 46.9 Å². The normalized spacial score (nSPS) is 10.2. The van der Waals surface area contributed by atoms with E-state index in [0.29, 0.717) is 11.4 Å². The molecule has 0 atom stereocenters. The SMILES string of the molecule is O=C(c1ccccc1)n1nccc1Nc1ccccc1. The van der Waals surface area contributed by atoms with E-state index in [2.05, 4.69) is 10.4 Å². The van der Waals surface area contributed by atoms with E-state index in [9.17, 15) is 4.79 Å². The Labute approximate surface area is 116 Å². The predicted molar refractivity (Wildman–Crippen MR) is 78.1 cm³/mol. The number of hydrogen-bond donors (Lipinski definition) is 1. The van der Waals surface area contributed by atoms with Gasteiger partial charge < -0.3 is 5.32 Å².